The summed E-state index contributed by atoms with van der Waals surface area (Å²) in [5.41, 5.74) is -9.58. The molecule has 2 aliphatic carbocycles. The van der Waals surface area contributed by atoms with Crippen molar-refractivity contribution in [2.75, 3.05) is 0 Å². The molecule has 3 heterocycles. The molecule has 11 heteroatoms. The van der Waals surface area contributed by atoms with Crippen molar-refractivity contribution in [1.29, 1.82) is 0 Å². The van der Waals surface area contributed by atoms with Crippen molar-refractivity contribution in [2.45, 2.75) is 82.6 Å². The lowest BCUT2D eigenvalue weighted by molar-refractivity contribution is -0.274. The van der Waals surface area contributed by atoms with Gasteiger partial charge in [0.15, 0.2) is 24.6 Å². The first-order chi connectivity index (χ1) is 14.7. The molecule has 11 atom stereocenters. The van der Waals surface area contributed by atoms with Gasteiger partial charge in [0.05, 0.1) is 10.8 Å². The fourth-order valence-corrected chi connectivity index (χ4v) is 8.15. The van der Waals surface area contributed by atoms with E-state index in [1.54, 1.807) is 20.8 Å². The number of hydrogen-bond acceptors (Lipinski definition) is 11. The monoisotopic (exact) mass is 456 g/mol. The Kier molecular flexibility index (Phi) is 4.00. The fraction of sp³-hybridized carbons (Fsp3) is 0.857. The lowest BCUT2D eigenvalue weighted by atomic mass is 9.50. The summed E-state index contributed by atoms with van der Waals surface area (Å²) >= 11 is 0. The molecule has 0 aromatic carbocycles. The van der Waals surface area contributed by atoms with E-state index < -0.39 is 88.0 Å². The van der Waals surface area contributed by atoms with Crippen LogP contribution < -0.4 is 0 Å². The second kappa shape index (κ2) is 5.82. The van der Waals surface area contributed by atoms with E-state index in [4.69, 9.17) is 18.9 Å². The van der Waals surface area contributed by atoms with Gasteiger partial charge in [-0.05, 0) is 11.3 Å². The molecule has 2 spiro atoms. The van der Waals surface area contributed by atoms with E-state index >= 15 is 0 Å². The first kappa shape index (κ1) is 22.0. The summed E-state index contributed by atoms with van der Waals surface area (Å²) in [5.74, 6) is -3.84. The minimum absolute atomic E-state index is 0.0398. The summed E-state index contributed by atoms with van der Waals surface area (Å²) in [6.45, 7) is 8.48. The highest BCUT2D eigenvalue weighted by Crippen LogP contribution is 2.83. The van der Waals surface area contributed by atoms with Gasteiger partial charge in [0.25, 0.3) is 6.47 Å². The van der Waals surface area contributed by atoms with Gasteiger partial charge < -0.3 is 39.4 Å². The van der Waals surface area contributed by atoms with E-state index in [9.17, 15) is 34.8 Å². The van der Waals surface area contributed by atoms with Crippen molar-refractivity contribution >= 4 is 18.4 Å². The molecule has 11 nitrogen and oxygen atoms in total. The zero-order chi connectivity index (χ0) is 23.8. The summed E-state index contributed by atoms with van der Waals surface area (Å²) in [7, 11) is 0. The number of hydrogen-bond donors (Lipinski definition) is 4. The zero-order valence-corrected chi connectivity index (χ0v) is 18.3. The average Bonchev–Trinajstić information content (AvgIpc) is 3.23. The van der Waals surface area contributed by atoms with Crippen LogP contribution in [0.2, 0.25) is 0 Å². The molecule has 3 saturated heterocycles. The molecule has 2 bridgehead atoms. The Labute approximate surface area is 183 Å². The maximum Gasteiger partial charge on any atom is 0.343 e. The molecular formula is C21H28O11. The van der Waals surface area contributed by atoms with Crippen LogP contribution in [0.3, 0.4) is 0 Å². The lowest BCUT2D eigenvalue weighted by Crippen LogP contribution is -2.68. The maximum absolute atomic E-state index is 13.5. The Morgan fingerprint density at radius 1 is 1.12 bits per heavy atom. The smallest absolute Gasteiger partial charge is 0.343 e. The molecule has 178 valence electrons. The number of aliphatic hydroxyl groups excluding tert-OH is 3. The number of ether oxygens (including phenoxy) is 4. The van der Waals surface area contributed by atoms with Crippen LogP contribution >= 0.6 is 0 Å². The molecule has 0 aromatic heterocycles. The van der Waals surface area contributed by atoms with Crippen LogP contribution in [0.15, 0.2) is 0 Å². The van der Waals surface area contributed by atoms with Crippen molar-refractivity contribution < 1.29 is 53.8 Å². The van der Waals surface area contributed by atoms with Crippen molar-refractivity contribution in [3.05, 3.63) is 0 Å². The van der Waals surface area contributed by atoms with E-state index in [0.29, 0.717) is 0 Å². The molecule has 4 N–H and O–H groups in total. The van der Waals surface area contributed by atoms with E-state index in [2.05, 4.69) is 0 Å². The van der Waals surface area contributed by atoms with E-state index in [1.807, 2.05) is 0 Å². The van der Waals surface area contributed by atoms with Crippen LogP contribution in [0.1, 0.15) is 34.6 Å². The van der Waals surface area contributed by atoms with Crippen molar-refractivity contribution in [1.82, 2.24) is 0 Å². The summed E-state index contributed by atoms with van der Waals surface area (Å²) in [6, 6.07) is 0. The highest BCUT2D eigenvalue weighted by Gasteiger charge is 3.03. The predicted molar refractivity (Wildman–Crippen MR) is 100 cm³/mol. The van der Waals surface area contributed by atoms with Crippen LogP contribution in [0.4, 0.5) is 0 Å². The van der Waals surface area contributed by atoms with Crippen LogP contribution in [-0.4, -0.2) is 86.8 Å². The van der Waals surface area contributed by atoms with E-state index in [1.165, 1.54) is 13.8 Å². The molecule has 0 radical (unpaired) electrons. The average molecular weight is 456 g/mol. The molecule has 0 aromatic rings. The number of fused-ring (bicyclic) bond motifs is 2. The number of esters is 2. The van der Waals surface area contributed by atoms with Gasteiger partial charge >= 0.3 is 11.9 Å². The molecule has 0 amide bonds. The summed E-state index contributed by atoms with van der Waals surface area (Å²) in [6.07, 6.45) is -9.96. The topological polar surface area (TPSA) is 169 Å². The molecule has 6 unspecified atom stereocenters. The number of carbonyl (C=O) groups excluding carboxylic acids is 3. The van der Waals surface area contributed by atoms with E-state index in [-0.39, 0.29) is 6.47 Å². The standard InChI is InChI=1S/C21H28O11/c1-7(2)20(28)13(29-6-22)10(23)19-12-8-9(17(3,4)5)18(19,11(24)14(25)30-8)15(26)32-21(19,20)16(27)31-12/h6-13,15,23-24,26,28H,1-5H3/t8?,9-,10-,11-,12?,13?,15-,18?,19?,20+,21?/m0/s1. The van der Waals surface area contributed by atoms with Crippen LogP contribution in [0, 0.1) is 28.1 Å². The predicted octanol–water partition coefficient (Wildman–Crippen LogP) is -1.76. The Balaban J connectivity index is 1.93. The molecule has 5 rings (SSSR count). The highest BCUT2D eigenvalue weighted by molar-refractivity contribution is 5.91. The third kappa shape index (κ3) is 1.69. The van der Waals surface area contributed by atoms with Gasteiger partial charge in [-0.3, -0.25) is 4.79 Å². The first-order valence-corrected chi connectivity index (χ1v) is 10.7. The molecule has 5 fully saturated rings. The van der Waals surface area contributed by atoms with Gasteiger partial charge in [0.1, 0.15) is 17.8 Å². The van der Waals surface area contributed by atoms with Gasteiger partial charge in [-0.2, -0.15) is 0 Å². The largest absolute Gasteiger partial charge is 0.459 e. The normalized spacial score (nSPS) is 55.5. The third-order valence-electron chi connectivity index (χ3n) is 8.80. The Hall–Kier alpha value is -1.79. The van der Waals surface area contributed by atoms with Crippen LogP contribution in [0.5, 0.6) is 0 Å². The fourth-order valence-electron chi connectivity index (χ4n) is 8.15. The molecule has 2 saturated carbocycles. The third-order valence-corrected chi connectivity index (χ3v) is 8.80. The number of carbonyl (C=O) groups is 3. The second-order valence-electron chi connectivity index (χ2n) is 11.0. The highest BCUT2D eigenvalue weighted by atomic mass is 16.7. The summed E-state index contributed by atoms with van der Waals surface area (Å²) < 4.78 is 22.2. The van der Waals surface area contributed by atoms with Gasteiger partial charge in [0.2, 0.25) is 5.60 Å². The Morgan fingerprint density at radius 2 is 1.75 bits per heavy atom. The Bertz CT molecular complexity index is 912. The Morgan fingerprint density at radius 3 is 2.28 bits per heavy atom. The summed E-state index contributed by atoms with van der Waals surface area (Å²) in [5, 5.41) is 46.4. The summed E-state index contributed by atoms with van der Waals surface area (Å²) in [4.78, 5) is 37.6. The van der Waals surface area contributed by atoms with Crippen LogP contribution in [-0.2, 0) is 33.3 Å². The lowest BCUT2D eigenvalue weighted by Gasteiger charge is -2.52. The zero-order valence-electron chi connectivity index (χ0n) is 18.3. The van der Waals surface area contributed by atoms with Gasteiger partial charge in [-0.15, -0.1) is 0 Å². The molecule has 3 aliphatic heterocycles. The molecule has 5 aliphatic rings. The van der Waals surface area contributed by atoms with Crippen molar-refractivity contribution in [3.63, 3.8) is 0 Å². The maximum atomic E-state index is 13.5. The minimum Gasteiger partial charge on any atom is -0.459 e. The number of aliphatic hydroxyl groups is 4. The molecule has 32 heavy (non-hydrogen) atoms. The van der Waals surface area contributed by atoms with Crippen LogP contribution in [0.25, 0.3) is 0 Å². The molecular weight excluding hydrogens is 428 g/mol. The second-order valence-corrected chi connectivity index (χ2v) is 11.0. The van der Waals surface area contributed by atoms with Gasteiger partial charge in [0, 0.05) is 5.92 Å². The van der Waals surface area contributed by atoms with Crippen molar-refractivity contribution in [3.8, 4) is 0 Å². The van der Waals surface area contributed by atoms with Gasteiger partial charge in [-0.1, -0.05) is 34.6 Å². The first-order valence-electron chi connectivity index (χ1n) is 10.7. The minimum atomic E-state index is -2.43. The number of rotatable bonds is 3. The van der Waals surface area contributed by atoms with Gasteiger partial charge in [-0.25, -0.2) is 9.59 Å². The quantitative estimate of drug-likeness (QED) is 0.215. The SMILES string of the molecule is CC(C)[C@@]1(O)C(OC=O)[C@H](O)C23C4OC(=O)C21O[C@H](O)C31[C@@H](O)C(=O)OC4[C@H]1C(C)(C)C. The van der Waals surface area contributed by atoms with E-state index in [0.717, 1.165) is 0 Å². The van der Waals surface area contributed by atoms with Crippen molar-refractivity contribution in [2.24, 2.45) is 28.1 Å².